The summed E-state index contributed by atoms with van der Waals surface area (Å²) in [6.45, 7) is 7.93. The lowest BCUT2D eigenvalue weighted by Gasteiger charge is -2.27. The largest absolute Gasteiger partial charge is 0.389 e. The van der Waals surface area contributed by atoms with E-state index < -0.39 is 6.10 Å². The lowest BCUT2D eigenvalue weighted by atomic mass is 9.89. The van der Waals surface area contributed by atoms with E-state index >= 15 is 0 Å². The van der Waals surface area contributed by atoms with Gasteiger partial charge < -0.3 is 14.7 Å². The van der Waals surface area contributed by atoms with Gasteiger partial charge in [-0.15, -0.1) is 0 Å². The van der Waals surface area contributed by atoms with Crippen molar-refractivity contribution in [3.63, 3.8) is 0 Å². The van der Waals surface area contributed by atoms with Gasteiger partial charge in [-0.1, -0.05) is 33.6 Å². The van der Waals surface area contributed by atoms with Crippen LogP contribution in [0.2, 0.25) is 0 Å². The number of hydrogen-bond donors (Lipinski definition) is 2. The van der Waals surface area contributed by atoms with Crippen molar-refractivity contribution in [2.24, 2.45) is 11.8 Å². The lowest BCUT2D eigenvalue weighted by Crippen LogP contribution is -2.33. The number of nitrogens with one attached hydrogen (secondary N) is 1. The molecule has 2 N–H and O–H groups in total. The van der Waals surface area contributed by atoms with E-state index in [-0.39, 0.29) is 0 Å². The first-order valence-electron chi connectivity index (χ1n) is 7.22. The Morgan fingerprint density at radius 2 is 2.06 bits per heavy atom. The van der Waals surface area contributed by atoms with Crippen LogP contribution in [0.15, 0.2) is 0 Å². The summed E-state index contributed by atoms with van der Waals surface area (Å²) in [5.74, 6) is 1.25. The molecule has 0 saturated heterocycles. The van der Waals surface area contributed by atoms with E-state index in [0.717, 1.165) is 18.8 Å². The summed E-state index contributed by atoms with van der Waals surface area (Å²) < 4.78 is 5.75. The predicted molar refractivity (Wildman–Crippen MR) is 72.2 cm³/mol. The van der Waals surface area contributed by atoms with Crippen LogP contribution in [0.3, 0.4) is 0 Å². The van der Waals surface area contributed by atoms with E-state index in [1.807, 2.05) is 0 Å². The minimum Gasteiger partial charge on any atom is -0.389 e. The minimum absolute atomic E-state index is 0.333. The fourth-order valence-electron chi connectivity index (χ4n) is 2.22. The molecule has 1 saturated carbocycles. The van der Waals surface area contributed by atoms with Crippen LogP contribution in [0.5, 0.6) is 0 Å². The molecule has 1 fully saturated rings. The summed E-state index contributed by atoms with van der Waals surface area (Å²) in [5, 5.41) is 9.74. The Morgan fingerprint density at radius 1 is 1.28 bits per heavy atom. The van der Waals surface area contributed by atoms with Crippen LogP contribution in [-0.4, -0.2) is 37.1 Å². The highest BCUT2D eigenvalue weighted by molar-refractivity contribution is 4.71. The Bertz CT molecular complexity index is 211. The molecule has 18 heavy (non-hydrogen) atoms. The van der Waals surface area contributed by atoms with Crippen molar-refractivity contribution in [3.05, 3.63) is 0 Å². The highest BCUT2D eigenvalue weighted by Gasteiger charge is 2.20. The molecule has 1 aliphatic carbocycles. The third-order valence-electron chi connectivity index (χ3n) is 3.25. The summed E-state index contributed by atoms with van der Waals surface area (Å²) >= 11 is 0. The maximum Gasteiger partial charge on any atom is 0.0921 e. The maximum atomic E-state index is 9.74. The molecule has 0 radical (unpaired) electrons. The second kappa shape index (κ2) is 8.86. The van der Waals surface area contributed by atoms with Gasteiger partial charge in [-0.25, -0.2) is 0 Å². The molecule has 0 aliphatic heterocycles. The quantitative estimate of drug-likeness (QED) is 0.518. The van der Waals surface area contributed by atoms with E-state index in [2.05, 4.69) is 26.3 Å². The summed E-state index contributed by atoms with van der Waals surface area (Å²) in [6, 6.07) is 0. The fourth-order valence-corrected chi connectivity index (χ4v) is 2.22. The van der Waals surface area contributed by atoms with Gasteiger partial charge in [0.1, 0.15) is 0 Å². The Morgan fingerprint density at radius 3 is 2.72 bits per heavy atom. The molecule has 3 unspecified atom stereocenters. The van der Waals surface area contributed by atoms with E-state index in [0.29, 0.717) is 31.8 Å². The van der Waals surface area contributed by atoms with Crippen LogP contribution in [0.4, 0.5) is 0 Å². The van der Waals surface area contributed by atoms with Crippen LogP contribution >= 0.6 is 0 Å². The van der Waals surface area contributed by atoms with Gasteiger partial charge in [0.05, 0.1) is 25.4 Å². The third kappa shape index (κ3) is 7.31. The van der Waals surface area contributed by atoms with Crippen molar-refractivity contribution in [1.29, 1.82) is 0 Å². The number of hydroxylamine groups is 1. The molecule has 0 bridgehead atoms. The zero-order valence-corrected chi connectivity index (χ0v) is 12.0. The number of hydrogen-bond acceptors (Lipinski definition) is 4. The topological polar surface area (TPSA) is 50.7 Å². The molecule has 1 rings (SSSR count). The summed E-state index contributed by atoms with van der Waals surface area (Å²) in [6.07, 6.45) is 4.66. The third-order valence-corrected chi connectivity index (χ3v) is 3.25. The number of aliphatic hydroxyl groups excluding tert-OH is 1. The van der Waals surface area contributed by atoms with Crippen LogP contribution in [0.25, 0.3) is 0 Å². The van der Waals surface area contributed by atoms with Gasteiger partial charge in [0, 0.05) is 6.54 Å². The minimum atomic E-state index is -0.491. The van der Waals surface area contributed by atoms with Crippen molar-refractivity contribution < 1.29 is 14.7 Å². The molecule has 0 aromatic rings. The van der Waals surface area contributed by atoms with Gasteiger partial charge in [0.15, 0.2) is 0 Å². The van der Waals surface area contributed by atoms with Gasteiger partial charge in [0.2, 0.25) is 0 Å². The normalized spacial score (nSPS) is 26.5. The predicted octanol–water partition coefficient (Wildman–Crippen LogP) is 2.12. The Labute approximate surface area is 111 Å². The van der Waals surface area contributed by atoms with E-state index in [1.54, 1.807) is 0 Å². The van der Waals surface area contributed by atoms with Crippen LogP contribution in [-0.2, 0) is 9.57 Å². The molecular formula is C14H29NO3. The van der Waals surface area contributed by atoms with E-state index in [1.165, 1.54) is 12.8 Å². The molecule has 4 heteroatoms. The summed E-state index contributed by atoms with van der Waals surface area (Å²) in [4.78, 5) is 5.21. The number of ether oxygens (including phenoxy) is 1. The van der Waals surface area contributed by atoms with Crippen molar-refractivity contribution >= 4 is 0 Å². The van der Waals surface area contributed by atoms with Gasteiger partial charge in [-0.3, -0.25) is 0 Å². The van der Waals surface area contributed by atoms with Gasteiger partial charge in [-0.2, -0.15) is 5.48 Å². The highest BCUT2D eigenvalue weighted by atomic mass is 16.6. The first-order valence-corrected chi connectivity index (χ1v) is 7.22. The summed E-state index contributed by atoms with van der Waals surface area (Å²) in [5.41, 5.74) is 2.78. The highest BCUT2D eigenvalue weighted by Crippen LogP contribution is 2.25. The molecule has 0 heterocycles. The average Bonchev–Trinajstić information content (AvgIpc) is 2.32. The standard InChI is InChI=1S/C14H29NO3/c1-11(2)9-18-15-8-13(16)10-17-14-6-4-5-12(3)7-14/h11-16H,4-10H2,1-3H3. The molecular weight excluding hydrogens is 230 g/mol. The molecule has 1 aliphatic rings. The molecule has 108 valence electrons. The number of rotatable bonds is 8. The molecule has 0 amide bonds. The second-order valence-corrected chi connectivity index (χ2v) is 5.93. The Balaban J connectivity index is 2.00. The maximum absolute atomic E-state index is 9.74. The van der Waals surface area contributed by atoms with Crippen molar-refractivity contribution in [2.75, 3.05) is 19.8 Å². The smallest absolute Gasteiger partial charge is 0.0921 e. The monoisotopic (exact) mass is 259 g/mol. The lowest BCUT2D eigenvalue weighted by molar-refractivity contribution is -0.0522. The van der Waals surface area contributed by atoms with Crippen molar-refractivity contribution in [1.82, 2.24) is 5.48 Å². The second-order valence-electron chi connectivity index (χ2n) is 5.93. The van der Waals surface area contributed by atoms with Crippen molar-refractivity contribution in [2.45, 2.75) is 58.7 Å². The zero-order chi connectivity index (χ0) is 13.4. The number of aliphatic hydroxyl groups is 1. The van der Waals surface area contributed by atoms with E-state index in [9.17, 15) is 5.11 Å². The molecule has 0 spiro atoms. The Kier molecular flexibility index (Phi) is 7.82. The van der Waals surface area contributed by atoms with Crippen LogP contribution in [0.1, 0.15) is 46.5 Å². The molecule has 3 atom stereocenters. The van der Waals surface area contributed by atoms with Crippen LogP contribution in [0, 0.1) is 11.8 Å². The first kappa shape index (κ1) is 15.9. The van der Waals surface area contributed by atoms with Gasteiger partial charge in [-0.05, 0) is 24.7 Å². The Hall–Kier alpha value is -0.160. The molecule has 0 aromatic heterocycles. The first-order chi connectivity index (χ1) is 8.58. The molecule has 4 nitrogen and oxygen atoms in total. The SMILES string of the molecule is CC(C)CONCC(O)COC1CCCC(C)C1. The van der Waals surface area contributed by atoms with Crippen LogP contribution < -0.4 is 5.48 Å². The van der Waals surface area contributed by atoms with Gasteiger partial charge >= 0.3 is 0 Å². The van der Waals surface area contributed by atoms with Crippen molar-refractivity contribution in [3.8, 4) is 0 Å². The van der Waals surface area contributed by atoms with E-state index in [4.69, 9.17) is 9.57 Å². The summed E-state index contributed by atoms with van der Waals surface area (Å²) in [7, 11) is 0. The molecule has 0 aromatic carbocycles. The fraction of sp³-hybridized carbons (Fsp3) is 1.00. The average molecular weight is 259 g/mol. The van der Waals surface area contributed by atoms with Gasteiger partial charge in [0.25, 0.3) is 0 Å². The zero-order valence-electron chi connectivity index (χ0n) is 12.0.